The summed E-state index contributed by atoms with van der Waals surface area (Å²) >= 11 is 0. The maximum Gasteiger partial charge on any atom is 0.338 e. The number of carbonyl (C=O) groups excluding carboxylic acids is 6. The third kappa shape index (κ3) is 7.29. The van der Waals surface area contributed by atoms with E-state index >= 15 is 4.79 Å². The van der Waals surface area contributed by atoms with Crippen molar-refractivity contribution in [1.29, 1.82) is 0 Å². The van der Waals surface area contributed by atoms with Gasteiger partial charge in [0.25, 0.3) is 5.91 Å². The van der Waals surface area contributed by atoms with Crippen LogP contribution < -0.4 is 5.32 Å². The molecule has 1 amide bonds. The van der Waals surface area contributed by atoms with Gasteiger partial charge in [0.1, 0.15) is 23.9 Å². The fourth-order valence-corrected chi connectivity index (χ4v) is 10.2. The smallest absolute Gasteiger partial charge is 0.338 e. The standard InChI is InChI=1S/C47H51NO14/c1-25-31(60-43(56)36(52)35(28-16-10-7-11-17-28)48-41(54)29-18-12-8-13-19-29)23-47(57)40(61-42(55)30-20-14-9-15-21-30)38-45(6,32(51)22-33-46(38,24-58-33)62-27(3)50)39(53)37(59-26(2)49)34(25)44(47,4)5/h7-21,31-33,35-38,40,51-52,57H,22-24H2,1-6H3,(H,48,54)/t31-,32-,33-,35-,36+,37+,38-,40-,45+,46-,47-/m0/s1. The fraction of sp³-hybridized carbons (Fsp3) is 0.447. The average Bonchev–Trinajstić information content (AvgIpc) is 3.24. The van der Waals surface area contributed by atoms with E-state index in [0.29, 0.717) is 5.56 Å². The molecule has 15 nitrogen and oxygen atoms in total. The van der Waals surface area contributed by atoms with Gasteiger partial charge in [-0.05, 0) is 54.8 Å². The molecule has 4 aliphatic rings. The molecule has 1 heterocycles. The highest BCUT2D eigenvalue weighted by Crippen LogP contribution is 2.64. The molecule has 2 bridgehead atoms. The lowest BCUT2D eigenvalue weighted by atomic mass is 9.44. The Kier molecular flexibility index (Phi) is 11.8. The van der Waals surface area contributed by atoms with Gasteiger partial charge in [0.2, 0.25) is 0 Å². The molecule has 15 heteroatoms. The Bertz CT molecular complexity index is 2280. The zero-order valence-corrected chi connectivity index (χ0v) is 35.2. The second-order valence-electron chi connectivity index (χ2n) is 17.4. The van der Waals surface area contributed by atoms with E-state index in [2.05, 4.69) is 5.32 Å². The lowest BCUT2D eigenvalue weighted by molar-refractivity contribution is -0.346. The van der Waals surface area contributed by atoms with Crippen LogP contribution in [0.15, 0.2) is 102 Å². The Hall–Kier alpha value is -5.74. The Morgan fingerprint density at radius 1 is 0.823 bits per heavy atom. The monoisotopic (exact) mass is 853 g/mol. The minimum Gasteiger partial charge on any atom is -0.456 e. The molecule has 3 fully saturated rings. The predicted molar refractivity (Wildman–Crippen MR) is 218 cm³/mol. The van der Waals surface area contributed by atoms with E-state index in [1.54, 1.807) is 92.7 Å². The van der Waals surface area contributed by atoms with Crippen LogP contribution in [0, 0.1) is 16.7 Å². The summed E-state index contributed by atoms with van der Waals surface area (Å²) in [7, 11) is 0. The van der Waals surface area contributed by atoms with E-state index in [4.69, 9.17) is 23.7 Å². The molecule has 1 saturated heterocycles. The third-order valence-electron chi connectivity index (χ3n) is 13.5. The number of ketones is 1. The number of esters is 4. The highest BCUT2D eigenvalue weighted by atomic mass is 16.6. The minimum absolute atomic E-state index is 0.00289. The number of aliphatic hydroxyl groups excluding tert-OH is 2. The summed E-state index contributed by atoms with van der Waals surface area (Å²) in [5.41, 5.74) is -7.02. The first-order chi connectivity index (χ1) is 29.3. The van der Waals surface area contributed by atoms with Crippen LogP contribution in [-0.2, 0) is 42.9 Å². The number of hydrogen-bond donors (Lipinski definition) is 4. The van der Waals surface area contributed by atoms with Gasteiger partial charge in [-0.2, -0.15) is 0 Å². The average molecular weight is 854 g/mol. The van der Waals surface area contributed by atoms with Gasteiger partial charge in [0.15, 0.2) is 23.6 Å². The third-order valence-corrected chi connectivity index (χ3v) is 13.5. The normalized spacial score (nSPS) is 31.9. The van der Waals surface area contributed by atoms with Gasteiger partial charge in [-0.1, -0.05) is 80.6 Å². The first-order valence-corrected chi connectivity index (χ1v) is 20.5. The zero-order valence-electron chi connectivity index (χ0n) is 35.2. The first kappa shape index (κ1) is 44.3. The second kappa shape index (κ2) is 16.5. The highest BCUT2D eigenvalue weighted by molar-refractivity contribution is 5.96. The van der Waals surface area contributed by atoms with Crippen molar-refractivity contribution in [2.75, 3.05) is 6.61 Å². The molecule has 3 aromatic rings. The summed E-state index contributed by atoms with van der Waals surface area (Å²) < 4.78 is 30.3. The largest absolute Gasteiger partial charge is 0.456 e. The molecule has 62 heavy (non-hydrogen) atoms. The molecular formula is C47H51NO14. The van der Waals surface area contributed by atoms with Crippen molar-refractivity contribution >= 4 is 35.6 Å². The van der Waals surface area contributed by atoms with Gasteiger partial charge >= 0.3 is 23.9 Å². The van der Waals surface area contributed by atoms with E-state index in [-0.39, 0.29) is 35.3 Å². The molecule has 0 spiro atoms. The minimum atomic E-state index is -2.39. The summed E-state index contributed by atoms with van der Waals surface area (Å²) in [6.45, 7) is 7.97. The Morgan fingerprint density at radius 3 is 1.95 bits per heavy atom. The number of rotatable bonds is 10. The molecule has 0 aromatic heterocycles. The van der Waals surface area contributed by atoms with Crippen LogP contribution in [-0.4, -0.2) is 105 Å². The predicted octanol–water partition coefficient (Wildman–Crippen LogP) is 3.74. The highest BCUT2D eigenvalue weighted by Gasteiger charge is 2.78. The number of benzene rings is 3. The van der Waals surface area contributed by atoms with Gasteiger partial charge < -0.3 is 44.3 Å². The molecule has 0 unspecified atom stereocenters. The number of aliphatic hydroxyl groups is 3. The van der Waals surface area contributed by atoms with Crippen molar-refractivity contribution in [3.8, 4) is 0 Å². The number of hydrogen-bond acceptors (Lipinski definition) is 14. The molecule has 1 aliphatic heterocycles. The summed E-state index contributed by atoms with van der Waals surface area (Å²) in [6, 6.07) is 22.9. The van der Waals surface area contributed by atoms with E-state index in [9.17, 15) is 39.3 Å². The number of carbonyl (C=O) groups is 6. The molecule has 3 aromatic carbocycles. The van der Waals surface area contributed by atoms with Gasteiger partial charge in [0.05, 0.1) is 35.6 Å². The Labute approximate surface area is 358 Å². The van der Waals surface area contributed by atoms with Crippen LogP contribution in [0.1, 0.15) is 86.7 Å². The van der Waals surface area contributed by atoms with E-state index in [1.165, 1.54) is 26.0 Å². The number of fused-ring (bicyclic) bond motifs is 5. The van der Waals surface area contributed by atoms with Crippen molar-refractivity contribution in [3.05, 3.63) is 119 Å². The van der Waals surface area contributed by atoms with Crippen molar-refractivity contribution in [3.63, 3.8) is 0 Å². The van der Waals surface area contributed by atoms with Crippen molar-refractivity contribution in [1.82, 2.24) is 5.32 Å². The Morgan fingerprint density at radius 2 is 1.40 bits per heavy atom. The number of Topliss-reactive ketones (excluding diaryl/α,β-unsaturated/α-hetero) is 1. The molecule has 328 valence electrons. The van der Waals surface area contributed by atoms with Crippen LogP contribution in [0.2, 0.25) is 0 Å². The van der Waals surface area contributed by atoms with Crippen LogP contribution in [0.25, 0.3) is 0 Å². The lowest BCUT2D eigenvalue weighted by Crippen LogP contribution is -2.82. The topological polar surface area (TPSA) is 221 Å². The van der Waals surface area contributed by atoms with Crippen LogP contribution in [0.3, 0.4) is 0 Å². The maximum atomic E-state index is 15.5. The zero-order chi connectivity index (χ0) is 44.9. The number of nitrogens with one attached hydrogen (secondary N) is 1. The van der Waals surface area contributed by atoms with Crippen LogP contribution in [0.4, 0.5) is 0 Å². The van der Waals surface area contributed by atoms with E-state index < -0.39 is 113 Å². The molecule has 7 rings (SSSR count). The summed E-state index contributed by atoms with van der Waals surface area (Å²) in [6.07, 6.45) is -10.5. The lowest BCUT2D eigenvalue weighted by Gasteiger charge is -2.67. The van der Waals surface area contributed by atoms with Gasteiger partial charge in [-0.25, -0.2) is 9.59 Å². The second-order valence-corrected chi connectivity index (χ2v) is 17.4. The van der Waals surface area contributed by atoms with Gasteiger partial charge in [-0.15, -0.1) is 0 Å². The Balaban J connectivity index is 1.39. The quantitative estimate of drug-likeness (QED) is 0.130. The number of amides is 1. The summed E-state index contributed by atoms with van der Waals surface area (Å²) in [5.74, 6) is -6.84. The molecule has 11 atom stereocenters. The van der Waals surface area contributed by atoms with Gasteiger partial charge in [-0.3, -0.25) is 19.2 Å². The van der Waals surface area contributed by atoms with Crippen LogP contribution >= 0.6 is 0 Å². The summed E-state index contributed by atoms with van der Waals surface area (Å²) in [4.78, 5) is 83.5. The van der Waals surface area contributed by atoms with Crippen molar-refractivity contribution in [2.24, 2.45) is 16.7 Å². The molecule has 4 N–H and O–H groups in total. The molecule has 2 saturated carbocycles. The molecule has 0 radical (unpaired) electrons. The van der Waals surface area contributed by atoms with E-state index in [0.717, 1.165) is 13.8 Å². The maximum absolute atomic E-state index is 15.5. The van der Waals surface area contributed by atoms with Gasteiger partial charge in [0, 0.05) is 37.7 Å². The van der Waals surface area contributed by atoms with Crippen LogP contribution in [0.5, 0.6) is 0 Å². The van der Waals surface area contributed by atoms with Crippen molar-refractivity contribution in [2.45, 2.75) is 108 Å². The fourth-order valence-electron chi connectivity index (χ4n) is 10.2. The van der Waals surface area contributed by atoms with E-state index in [1.807, 2.05) is 0 Å². The number of ether oxygens (including phenoxy) is 5. The summed E-state index contributed by atoms with van der Waals surface area (Å²) in [5, 5.41) is 40.2. The molecular weight excluding hydrogens is 803 g/mol. The van der Waals surface area contributed by atoms with Crippen molar-refractivity contribution < 1.29 is 67.8 Å². The SMILES string of the molecule is CC(=O)O[C@H]1C(=O)[C@@]2(C)[C@H]([C@H](OC(=O)c3ccccc3)[C@@]3(O)C[C@H](OC(=O)[C@H](O)[C@@H](NC(=O)c4ccccc4)c4ccccc4)C(C)=C1C3(C)C)[C@]1(OC(C)=O)CO[C@H]1C[C@@H]2O. The first-order valence-electron chi connectivity index (χ1n) is 20.5. The molecule has 3 aliphatic carbocycles.